The zero-order chi connectivity index (χ0) is 33.1. The minimum Gasteiger partial charge on any atom is -0.394 e. The predicted molar refractivity (Wildman–Crippen MR) is 191 cm³/mol. The molecule has 0 aliphatic rings. The number of nitrogens with one attached hydrogen (secondary N) is 2. The van der Waals surface area contributed by atoms with Crippen molar-refractivity contribution in [3.8, 4) is 12.8 Å². The molecule has 0 aliphatic heterocycles. The van der Waals surface area contributed by atoms with Crippen LogP contribution in [0, 0.1) is 18.8 Å². The van der Waals surface area contributed by atoms with E-state index in [4.69, 9.17) is 4.74 Å². The van der Waals surface area contributed by atoms with E-state index in [0.717, 1.165) is 41.0 Å². The molecule has 0 saturated carbocycles. The highest BCUT2D eigenvalue weighted by Crippen LogP contribution is 2.35. The van der Waals surface area contributed by atoms with Gasteiger partial charge in [-0.1, -0.05) is 90.4 Å². The van der Waals surface area contributed by atoms with Gasteiger partial charge in [0.25, 0.3) is 0 Å². The zero-order valence-corrected chi connectivity index (χ0v) is 29.4. The Labute approximate surface area is 266 Å². The topological polar surface area (TPSA) is 50.4 Å². The number of terminal acetylenes is 1. The minimum absolute atomic E-state index is 0.199. The third-order valence-corrected chi connectivity index (χ3v) is 6.29. The fraction of sp³-hybridized carbons (Fsp3) is 0.541. The highest BCUT2D eigenvalue weighted by Gasteiger charge is 2.26. The number of ether oxygens (including phenoxy) is 1. The highest BCUT2D eigenvalue weighted by molar-refractivity contribution is 7.84. The summed E-state index contributed by atoms with van der Waals surface area (Å²) >= 11 is 4.52. The molecule has 1 aromatic rings. The fourth-order valence-corrected chi connectivity index (χ4v) is 4.44. The average Bonchev–Trinajstić information content (AvgIpc) is 2.97. The van der Waals surface area contributed by atoms with E-state index in [1.54, 1.807) is 6.20 Å². The van der Waals surface area contributed by atoms with Crippen molar-refractivity contribution in [2.75, 3.05) is 20.2 Å². The van der Waals surface area contributed by atoms with Crippen molar-refractivity contribution in [2.24, 2.45) is 5.92 Å². The molecule has 0 fully saturated rings. The molecule has 0 spiro atoms. The third-order valence-electron chi connectivity index (χ3n) is 6.16. The van der Waals surface area contributed by atoms with Crippen LogP contribution < -0.4 is 10.6 Å². The fourth-order valence-electron chi connectivity index (χ4n) is 4.28. The van der Waals surface area contributed by atoms with Gasteiger partial charge in [0.15, 0.2) is 5.78 Å². The van der Waals surface area contributed by atoms with Gasteiger partial charge in [0.1, 0.15) is 0 Å². The molecule has 2 N–H and O–H groups in total. The molecule has 0 aromatic heterocycles. The second kappa shape index (κ2) is 27.2. The smallest absolute Gasteiger partial charge is 0.159 e. The number of benzene rings is 1. The average molecular weight is 599 g/mol. The lowest BCUT2D eigenvalue weighted by atomic mass is 9.77. The Kier molecular flexibility index (Phi) is 28.3. The zero-order valence-electron chi connectivity index (χ0n) is 28.5. The second-order valence-corrected chi connectivity index (χ2v) is 11.4. The van der Waals surface area contributed by atoms with Gasteiger partial charge < -0.3 is 15.4 Å². The quantitative estimate of drug-likeness (QED) is 0.0767. The van der Waals surface area contributed by atoms with Crippen LogP contribution in [0.25, 0.3) is 0 Å². The van der Waals surface area contributed by atoms with E-state index in [1.165, 1.54) is 5.56 Å². The van der Waals surface area contributed by atoms with E-state index in [2.05, 4.69) is 87.4 Å². The van der Waals surface area contributed by atoms with Crippen LogP contribution in [-0.2, 0) is 9.53 Å². The van der Waals surface area contributed by atoms with E-state index in [-0.39, 0.29) is 17.3 Å². The molecular weight excluding hydrogens is 536 g/mol. The summed E-state index contributed by atoms with van der Waals surface area (Å²) in [5.41, 5.74) is 3.61. The van der Waals surface area contributed by atoms with E-state index >= 15 is 0 Å². The maximum atomic E-state index is 14.0. The number of carbonyl (C=O) groups is 1. The molecule has 1 aromatic carbocycles. The van der Waals surface area contributed by atoms with Crippen LogP contribution in [0.15, 0.2) is 77.5 Å². The molecule has 0 amide bonds. The normalized spacial score (nSPS) is 12.7. The lowest BCUT2D eigenvalue weighted by Gasteiger charge is -2.27. The Bertz CT molecular complexity index is 936. The van der Waals surface area contributed by atoms with Crippen LogP contribution in [-0.4, -0.2) is 31.6 Å². The summed E-state index contributed by atoms with van der Waals surface area (Å²) in [6.45, 7) is 26.8. The molecule has 0 aliphatic carbocycles. The Morgan fingerprint density at radius 3 is 2.07 bits per heavy atom. The highest BCUT2D eigenvalue weighted by atomic mass is 32.1. The molecule has 0 radical (unpaired) electrons. The third kappa shape index (κ3) is 22.0. The minimum atomic E-state index is -0.297. The van der Waals surface area contributed by atoms with Crippen molar-refractivity contribution in [2.45, 2.75) is 106 Å². The summed E-state index contributed by atoms with van der Waals surface area (Å²) < 4.78 is 6.12. The molecule has 0 heterocycles. The first-order valence-electron chi connectivity index (χ1n) is 15.2. The summed E-state index contributed by atoms with van der Waals surface area (Å²) in [6, 6.07) is 10.5. The maximum absolute atomic E-state index is 14.0. The summed E-state index contributed by atoms with van der Waals surface area (Å²) in [7, 11) is 1.81. The van der Waals surface area contributed by atoms with Crippen LogP contribution >= 0.6 is 12.6 Å². The molecule has 2 atom stereocenters. The van der Waals surface area contributed by atoms with Crippen molar-refractivity contribution in [3.05, 3.63) is 83.1 Å². The maximum Gasteiger partial charge on any atom is 0.159 e. The van der Waals surface area contributed by atoms with Gasteiger partial charge >= 0.3 is 0 Å². The largest absolute Gasteiger partial charge is 0.394 e. The van der Waals surface area contributed by atoms with Gasteiger partial charge in [-0.15, -0.1) is 25.5 Å². The molecule has 238 valence electrons. The van der Waals surface area contributed by atoms with Crippen molar-refractivity contribution in [1.82, 2.24) is 10.6 Å². The van der Waals surface area contributed by atoms with E-state index in [1.807, 2.05) is 67.7 Å². The van der Waals surface area contributed by atoms with Gasteiger partial charge in [0.2, 0.25) is 0 Å². The number of Topliss-reactive ketones (excluding diaryl/α,β-unsaturated/α-hetero) is 1. The van der Waals surface area contributed by atoms with Crippen LogP contribution in [0.3, 0.4) is 0 Å². The molecule has 4 nitrogen and oxygen atoms in total. The molecular formula is C37H62N2O2S. The first-order chi connectivity index (χ1) is 19.9. The van der Waals surface area contributed by atoms with Gasteiger partial charge in [-0.05, 0) is 81.2 Å². The molecule has 0 bridgehead atoms. The number of hydrogen-bond donors (Lipinski definition) is 3. The van der Waals surface area contributed by atoms with E-state index < -0.39 is 0 Å². The number of allylic oxidation sites excluding steroid dienone is 2. The number of hydrogen-bond acceptors (Lipinski definition) is 5. The first-order valence-corrected chi connectivity index (χ1v) is 15.7. The summed E-state index contributed by atoms with van der Waals surface area (Å²) in [5.74, 6) is 0.876. The van der Waals surface area contributed by atoms with E-state index in [9.17, 15) is 4.79 Å². The van der Waals surface area contributed by atoms with Crippen LogP contribution in [0.2, 0.25) is 0 Å². The standard InChI is InChI=1S/C30H47NO2S.C3H7N.C2H6.C2H2/c1-9-14-24(10-2)28(25-15-12-11-13-16-25)20-29(32)27(17-18-31-22(3)4)26(19-23(5)34)21-33-30(6,7)8;1-3-4-2;2*1-2/h11-13,15-16,19,24,28,31,34H,3,9-10,14,17-18,20-21H2,1-2,4-8H3;3-4H,1H2,2H3;1-2H3;1-2H/b23-19+,27-26+;;;. The van der Waals surface area contributed by atoms with Crippen LogP contribution in [0.5, 0.6) is 0 Å². The van der Waals surface area contributed by atoms with Gasteiger partial charge in [-0.3, -0.25) is 4.79 Å². The Morgan fingerprint density at radius 1 is 1.12 bits per heavy atom. The van der Waals surface area contributed by atoms with Gasteiger partial charge in [0, 0.05) is 31.3 Å². The van der Waals surface area contributed by atoms with Crippen molar-refractivity contribution >= 4 is 18.4 Å². The Balaban J connectivity index is -0.00000171. The van der Waals surface area contributed by atoms with Crippen LogP contribution in [0.4, 0.5) is 0 Å². The predicted octanol–water partition coefficient (Wildman–Crippen LogP) is 9.64. The van der Waals surface area contributed by atoms with Gasteiger partial charge in [0.05, 0.1) is 12.2 Å². The van der Waals surface area contributed by atoms with Crippen molar-refractivity contribution in [1.29, 1.82) is 0 Å². The summed E-state index contributed by atoms with van der Waals surface area (Å²) in [5, 5.41) is 5.98. The van der Waals surface area contributed by atoms with Crippen molar-refractivity contribution in [3.63, 3.8) is 0 Å². The molecule has 5 heteroatoms. The molecule has 2 unspecified atom stereocenters. The number of thiol groups is 1. The summed E-state index contributed by atoms with van der Waals surface area (Å²) in [4.78, 5) is 14.8. The number of rotatable bonds is 16. The summed E-state index contributed by atoms with van der Waals surface area (Å²) in [6.07, 6.45) is 16.0. The lowest BCUT2D eigenvalue weighted by molar-refractivity contribution is -0.116. The Hall–Kier alpha value is -2.68. The van der Waals surface area contributed by atoms with E-state index in [0.29, 0.717) is 31.9 Å². The first kappa shape index (κ1) is 43.8. The van der Waals surface area contributed by atoms with Crippen LogP contribution in [0.1, 0.15) is 106 Å². The monoisotopic (exact) mass is 598 g/mol. The number of carbonyl (C=O) groups excluding carboxylic acids is 1. The van der Waals surface area contributed by atoms with Gasteiger partial charge in [-0.2, -0.15) is 0 Å². The SMILES string of the molecule is C#C.C=C(C)NCC/C(C(=O)CC(c1ccccc1)C(CC)CCC)=C(/C=C(\C)S)COC(C)(C)C.C=CNC.CC. The Morgan fingerprint density at radius 2 is 1.67 bits per heavy atom. The van der Waals surface area contributed by atoms with Crippen molar-refractivity contribution < 1.29 is 9.53 Å². The molecule has 0 saturated heterocycles. The lowest BCUT2D eigenvalue weighted by Crippen LogP contribution is -2.24. The molecule has 42 heavy (non-hydrogen) atoms. The van der Waals surface area contributed by atoms with Gasteiger partial charge in [-0.25, -0.2) is 0 Å². The second-order valence-electron chi connectivity index (χ2n) is 10.7. The number of ketones is 1. The molecule has 1 rings (SSSR count).